The Balaban J connectivity index is 1.43. The fourth-order valence-corrected chi connectivity index (χ4v) is 5.40. The number of fused-ring (bicyclic) bond motifs is 1. The van der Waals surface area contributed by atoms with E-state index in [0.29, 0.717) is 0 Å². The number of hydrogen-bond acceptors (Lipinski definition) is 14. The number of methoxy groups -OCH3 is 3. The average molecular weight is 641 g/mol. The third-order valence-corrected chi connectivity index (χ3v) is 7.84. The van der Waals surface area contributed by atoms with Crippen molar-refractivity contribution in [3.8, 4) is 51.4 Å². The van der Waals surface area contributed by atoms with Crippen LogP contribution in [0.25, 0.3) is 22.1 Å². The van der Waals surface area contributed by atoms with E-state index in [0.717, 1.165) is 6.26 Å². The molecule has 0 aliphatic heterocycles. The van der Waals surface area contributed by atoms with Gasteiger partial charge in [-0.2, -0.15) is 0 Å². The van der Waals surface area contributed by atoms with Crippen molar-refractivity contribution >= 4 is 16.9 Å². The van der Waals surface area contributed by atoms with E-state index in [1.165, 1.54) is 63.8 Å². The highest BCUT2D eigenvalue weighted by molar-refractivity contribution is 5.91. The van der Waals surface area contributed by atoms with Gasteiger partial charge >= 0.3 is 5.97 Å². The summed E-state index contributed by atoms with van der Waals surface area (Å²) in [6.07, 6.45) is -4.93. The Bertz CT molecular complexity index is 1800. The van der Waals surface area contributed by atoms with Crippen LogP contribution in [0, 0.1) is 5.92 Å². The molecule has 0 unspecified atom stereocenters. The van der Waals surface area contributed by atoms with Crippen LogP contribution in [-0.4, -0.2) is 89.0 Å². The maximum absolute atomic E-state index is 13.6. The van der Waals surface area contributed by atoms with Gasteiger partial charge in [0.1, 0.15) is 41.3 Å². The average Bonchev–Trinajstić information content (AvgIpc) is 3.04. The van der Waals surface area contributed by atoms with Gasteiger partial charge < -0.3 is 58.7 Å². The van der Waals surface area contributed by atoms with Crippen molar-refractivity contribution in [2.45, 2.75) is 30.8 Å². The zero-order chi connectivity index (χ0) is 33.3. The van der Waals surface area contributed by atoms with Crippen LogP contribution in [0.1, 0.15) is 16.8 Å². The minimum atomic E-state index is -1.69. The Morgan fingerprint density at radius 3 is 2.22 bits per heavy atom. The van der Waals surface area contributed by atoms with Gasteiger partial charge in [-0.15, -0.1) is 0 Å². The lowest BCUT2D eigenvalue weighted by molar-refractivity contribution is -0.157. The van der Waals surface area contributed by atoms with Gasteiger partial charge in [0.25, 0.3) is 0 Å². The van der Waals surface area contributed by atoms with E-state index in [1.54, 1.807) is 0 Å². The minimum Gasteiger partial charge on any atom is -0.508 e. The van der Waals surface area contributed by atoms with Gasteiger partial charge in [-0.3, -0.25) is 4.79 Å². The number of phenols is 3. The smallest absolute Gasteiger partial charge is 0.338 e. The molecule has 1 aliphatic carbocycles. The standard InChI is InChI=1S/C32H32O14/c1-41-22-9-15(8-19(34)30(22)42-2)18-13-44-20-11-23(31(43-3)28(38)24(20)26(18)36)46-21-10-16(25(35)29(39)27(21)37)12-45-32(40)14-4-6-17(33)7-5-14/h4-9,11,13,16,21,25,27,29,33-35,37-39H,10,12H2,1-3H3/t16-,21-,25-,27+,29+/m1/s1. The van der Waals surface area contributed by atoms with Crippen molar-refractivity contribution < 1.29 is 63.5 Å². The first-order valence-electron chi connectivity index (χ1n) is 14.0. The van der Waals surface area contributed by atoms with Crippen molar-refractivity contribution in [1.29, 1.82) is 0 Å². The lowest BCUT2D eigenvalue weighted by atomic mass is 9.81. The first-order valence-corrected chi connectivity index (χ1v) is 14.0. The summed E-state index contributed by atoms with van der Waals surface area (Å²) < 4.78 is 32.7. The van der Waals surface area contributed by atoms with Crippen LogP contribution >= 0.6 is 0 Å². The first-order chi connectivity index (χ1) is 22.0. The molecule has 14 nitrogen and oxygen atoms in total. The molecule has 6 N–H and O–H groups in total. The van der Waals surface area contributed by atoms with Crippen molar-refractivity contribution in [2.75, 3.05) is 27.9 Å². The summed E-state index contributed by atoms with van der Waals surface area (Å²) >= 11 is 0. The Hall–Kier alpha value is -5.18. The number of esters is 1. The molecule has 1 saturated carbocycles. The van der Waals surface area contributed by atoms with Crippen molar-refractivity contribution in [3.63, 3.8) is 0 Å². The predicted molar refractivity (Wildman–Crippen MR) is 160 cm³/mol. The van der Waals surface area contributed by atoms with Crippen LogP contribution in [0.4, 0.5) is 0 Å². The summed E-state index contributed by atoms with van der Waals surface area (Å²) in [4.78, 5) is 26.0. The summed E-state index contributed by atoms with van der Waals surface area (Å²) in [7, 11) is 3.92. The molecule has 14 heteroatoms. The maximum atomic E-state index is 13.6. The van der Waals surface area contributed by atoms with Crippen molar-refractivity contribution in [2.24, 2.45) is 5.92 Å². The molecular formula is C32H32O14. The Morgan fingerprint density at radius 1 is 0.870 bits per heavy atom. The number of phenolic OH excluding ortho intramolecular Hbond substituents is 3. The summed E-state index contributed by atoms with van der Waals surface area (Å²) in [6.45, 7) is -0.339. The van der Waals surface area contributed by atoms with Crippen LogP contribution < -0.4 is 24.4 Å². The summed E-state index contributed by atoms with van der Waals surface area (Å²) in [5.41, 5.74) is -0.460. The van der Waals surface area contributed by atoms with Crippen LogP contribution in [0.2, 0.25) is 0 Å². The number of carbonyl (C=O) groups is 1. The van der Waals surface area contributed by atoms with Gasteiger partial charge in [0.05, 0.1) is 45.2 Å². The SMILES string of the molecule is COc1cc(-c2coc3cc(O[C@@H]4C[C@H](COC(=O)c5ccc(O)cc5)[C@@H](O)[C@H](O)[C@H]4O)c(OC)c(O)c3c2=O)cc(O)c1OC. The molecule has 1 fully saturated rings. The number of aromatic hydroxyl groups is 3. The van der Waals surface area contributed by atoms with Crippen LogP contribution in [0.3, 0.4) is 0 Å². The zero-order valence-corrected chi connectivity index (χ0v) is 24.9. The summed E-state index contributed by atoms with van der Waals surface area (Å²) in [5, 5.41) is 62.6. The topological polar surface area (TPSA) is 215 Å². The highest BCUT2D eigenvalue weighted by atomic mass is 16.5. The van der Waals surface area contributed by atoms with Gasteiger partial charge in [0, 0.05) is 12.0 Å². The molecule has 0 radical (unpaired) electrons. The predicted octanol–water partition coefficient (Wildman–Crippen LogP) is 2.31. The number of aliphatic hydroxyl groups excluding tert-OH is 3. The van der Waals surface area contributed by atoms with Crippen molar-refractivity contribution in [3.05, 3.63) is 64.5 Å². The van der Waals surface area contributed by atoms with E-state index in [4.69, 9.17) is 28.1 Å². The highest BCUT2D eigenvalue weighted by Gasteiger charge is 2.45. The highest BCUT2D eigenvalue weighted by Crippen LogP contribution is 2.45. The van der Waals surface area contributed by atoms with Gasteiger partial charge in [-0.05, 0) is 48.4 Å². The molecule has 4 aromatic rings. The van der Waals surface area contributed by atoms with Gasteiger partial charge in [-0.1, -0.05) is 0 Å². The normalized spacial score (nSPS) is 21.0. The second-order valence-electron chi connectivity index (χ2n) is 10.6. The Morgan fingerprint density at radius 2 is 1.57 bits per heavy atom. The largest absolute Gasteiger partial charge is 0.508 e. The monoisotopic (exact) mass is 640 g/mol. The quantitative estimate of drug-likeness (QED) is 0.145. The minimum absolute atomic E-state index is 0.0284. The molecule has 0 amide bonds. The molecule has 1 aliphatic rings. The number of carbonyl (C=O) groups excluding carboxylic acids is 1. The molecule has 244 valence electrons. The van der Waals surface area contributed by atoms with E-state index < -0.39 is 47.5 Å². The number of ether oxygens (including phenoxy) is 5. The van der Waals surface area contributed by atoms with Crippen LogP contribution in [-0.2, 0) is 4.74 Å². The molecule has 3 aromatic carbocycles. The second kappa shape index (κ2) is 13.0. The molecule has 0 saturated heterocycles. The lowest BCUT2D eigenvalue weighted by Crippen LogP contribution is -2.56. The summed E-state index contributed by atoms with van der Waals surface area (Å²) in [5.74, 6) is -2.81. The molecule has 0 bridgehead atoms. The van der Waals surface area contributed by atoms with E-state index in [1.807, 2.05) is 0 Å². The number of hydrogen-bond donors (Lipinski definition) is 6. The van der Waals surface area contributed by atoms with E-state index in [-0.39, 0.29) is 75.2 Å². The van der Waals surface area contributed by atoms with Crippen LogP contribution in [0.5, 0.6) is 40.2 Å². The van der Waals surface area contributed by atoms with Gasteiger partial charge in [-0.25, -0.2) is 4.79 Å². The van der Waals surface area contributed by atoms with Crippen LogP contribution in [0.15, 0.2) is 57.9 Å². The van der Waals surface area contributed by atoms with Gasteiger partial charge in [0.15, 0.2) is 23.0 Å². The molecule has 0 spiro atoms. The Kier molecular flexibility index (Phi) is 9.14. The molecule has 5 atom stereocenters. The third kappa shape index (κ3) is 5.92. The number of rotatable bonds is 9. The molecule has 46 heavy (non-hydrogen) atoms. The van der Waals surface area contributed by atoms with E-state index in [9.17, 15) is 40.2 Å². The third-order valence-electron chi connectivity index (χ3n) is 7.84. The lowest BCUT2D eigenvalue weighted by Gasteiger charge is -2.40. The van der Waals surface area contributed by atoms with Crippen molar-refractivity contribution in [1.82, 2.24) is 0 Å². The van der Waals surface area contributed by atoms with E-state index >= 15 is 0 Å². The second-order valence-corrected chi connectivity index (χ2v) is 10.6. The first kappa shape index (κ1) is 32.2. The zero-order valence-electron chi connectivity index (χ0n) is 24.9. The number of benzene rings is 3. The number of aliphatic hydroxyl groups is 3. The molecule has 5 rings (SSSR count). The van der Waals surface area contributed by atoms with Gasteiger partial charge in [0.2, 0.25) is 16.9 Å². The Labute approximate surface area is 261 Å². The molecule has 1 heterocycles. The molecule has 1 aromatic heterocycles. The maximum Gasteiger partial charge on any atom is 0.338 e. The fraction of sp³-hybridized carbons (Fsp3) is 0.312. The fourth-order valence-electron chi connectivity index (χ4n) is 5.40. The molecular weight excluding hydrogens is 608 g/mol. The van der Waals surface area contributed by atoms with E-state index in [2.05, 4.69) is 0 Å². The summed E-state index contributed by atoms with van der Waals surface area (Å²) in [6, 6.07) is 9.32.